The number of rotatable bonds is 5. The lowest BCUT2D eigenvalue weighted by molar-refractivity contribution is 0.581. The summed E-state index contributed by atoms with van der Waals surface area (Å²) in [7, 11) is -3.61. The molecule has 2 aromatic carbocycles. The maximum Gasteiger partial charge on any atom is 0.240 e. The molecule has 0 fully saturated rings. The number of sulfonamides is 1. The number of nitrogens with two attached hydrogens (primary N) is 1. The van der Waals surface area contributed by atoms with Gasteiger partial charge in [-0.3, -0.25) is 0 Å². The Bertz CT molecular complexity index is 725. The predicted molar refractivity (Wildman–Crippen MR) is 80.9 cm³/mol. The van der Waals surface area contributed by atoms with Crippen molar-refractivity contribution in [2.75, 3.05) is 12.3 Å². The van der Waals surface area contributed by atoms with Crippen LogP contribution in [0.2, 0.25) is 0 Å². The summed E-state index contributed by atoms with van der Waals surface area (Å²) in [6.07, 6.45) is 0.415. The van der Waals surface area contributed by atoms with Crippen LogP contribution in [0.25, 0.3) is 0 Å². The molecule has 0 aliphatic heterocycles. The van der Waals surface area contributed by atoms with Crippen molar-refractivity contribution in [2.24, 2.45) is 0 Å². The Hall–Kier alpha value is -1.92. The molecule has 112 valence electrons. The van der Waals surface area contributed by atoms with Crippen LogP contribution in [0.4, 0.5) is 10.1 Å². The molecule has 0 heterocycles. The molecule has 6 heteroatoms. The third-order valence-corrected chi connectivity index (χ3v) is 4.42. The Morgan fingerprint density at radius 3 is 2.62 bits per heavy atom. The van der Waals surface area contributed by atoms with Gasteiger partial charge < -0.3 is 5.73 Å². The number of anilines is 1. The highest BCUT2D eigenvalue weighted by molar-refractivity contribution is 7.89. The molecule has 0 saturated heterocycles. The van der Waals surface area contributed by atoms with Gasteiger partial charge in [0.1, 0.15) is 5.82 Å². The molecule has 0 aromatic heterocycles. The SMILES string of the molecule is Cc1cc(N)cc(S(=O)(=O)NCCc2cccc(F)c2)c1. The topological polar surface area (TPSA) is 72.2 Å². The van der Waals surface area contributed by atoms with Gasteiger partial charge in [-0.25, -0.2) is 17.5 Å². The van der Waals surface area contributed by atoms with Gasteiger partial charge in [-0.2, -0.15) is 0 Å². The monoisotopic (exact) mass is 308 g/mol. The van der Waals surface area contributed by atoms with E-state index < -0.39 is 10.0 Å². The van der Waals surface area contributed by atoms with Gasteiger partial charge >= 0.3 is 0 Å². The van der Waals surface area contributed by atoms with Gasteiger partial charge in [-0.15, -0.1) is 0 Å². The smallest absolute Gasteiger partial charge is 0.240 e. The molecule has 0 spiro atoms. The fourth-order valence-electron chi connectivity index (χ4n) is 2.04. The van der Waals surface area contributed by atoms with Crippen molar-refractivity contribution >= 4 is 15.7 Å². The van der Waals surface area contributed by atoms with Gasteiger partial charge in [-0.1, -0.05) is 12.1 Å². The van der Waals surface area contributed by atoms with Crippen molar-refractivity contribution < 1.29 is 12.8 Å². The highest BCUT2D eigenvalue weighted by Crippen LogP contribution is 2.16. The van der Waals surface area contributed by atoms with Crippen molar-refractivity contribution in [2.45, 2.75) is 18.2 Å². The van der Waals surface area contributed by atoms with E-state index in [4.69, 9.17) is 5.73 Å². The van der Waals surface area contributed by atoms with Crippen molar-refractivity contribution in [1.29, 1.82) is 0 Å². The first kappa shape index (κ1) is 15.5. The normalized spacial score (nSPS) is 11.5. The fourth-order valence-corrected chi connectivity index (χ4v) is 3.21. The molecule has 0 radical (unpaired) electrons. The summed E-state index contributed by atoms with van der Waals surface area (Å²) >= 11 is 0. The van der Waals surface area contributed by atoms with Gasteiger partial charge in [0, 0.05) is 12.2 Å². The van der Waals surface area contributed by atoms with E-state index in [9.17, 15) is 12.8 Å². The van der Waals surface area contributed by atoms with Crippen LogP contribution in [0.1, 0.15) is 11.1 Å². The standard InChI is InChI=1S/C15H17FN2O2S/c1-11-7-14(17)10-15(8-11)21(19,20)18-6-5-12-3-2-4-13(16)9-12/h2-4,7-10,18H,5-6,17H2,1H3. The molecule has 2 aromatic rings. The average Bonchev–Trinajstić information content (AvgIpc) is 2.37. The minimum absolute atomic E-state index is 0.138. The highest BCUT2D eigenvalue weighted by atomic mass is 32.2. The van der Waals surface area contributed by atoms with Gasteiger partial charge in [0.05, 0.1) is 4.90 Å². The molecule has 0 atom stereocenters. The summed E-state index contributed by atoms with van der Waals surface area (Å²) in [6.45, 7) is 1.97. The maximum absolute atomic E-state index is 13.0. The summed E-state index contributed by atoms with van der Waals surface area (Å²) < 4.78 is 39.8. The summed E-state index contributed by atoms with van der Waals surface area (Å²) in [5, 5.41) is 0. The number of aryl methyl sites for hydroxylation is 1. The van der Waals surface area contributed by atoms with Crippen molar-refractivity contribution in [1.82, 2.24) is 4.72 Å². The summed E-state index contributed by atoms with van der Waals surface area (Å²) in [6, 6.07) is 10.8. The molecule has 0 amide bonds. The highest BCUT2D eigenvalue weighted by Gasteiger charge is 2.14. The van der Waals surface area contributed by atoms with Crippen LogP contribution >= 0.6 is 0 Å². The van der Waals surface area contributed by atoms with Crippen LogP contribution in [0.15, 0.2) is 47.4 Å². The molecule has 3 N–H and O–H groups in total. The van der Waals surface area contributed by atoms with Crippen molar-refractivity contribution in [3.63, 3.8) is 0 Å². The third kappa shape index (κ3) is 4.27. The Morgan fingerprint density at radius 1 is 1.19 bits per heavy atom. The third-order valence-electron chi connectivity index (χ3n) is 2.98. The Kier molecular flexibility index (Phi) is 4.59. The average molecular weight is 308 g/mol. The van der Waals surface area contributed by atoms with Crippen LogP contribution in [0, 0.1) is 12.7 Å². The molecule has 4 nitrogen and oxygen atoms in total. The zero-order valence-electron chi connectivity index (χ0n) is 11.6. The van der Waals surface area contributed by atoms with E-state index in [0.717, 1.165) is 11.1 Å². The first-order chi connectivity index (χ1) is 9.87. The van der Waals surface area contributed by atoms with E-state index in [-0.39, 0.29) is 17.3 Å². The van der Waals surface area contributed by atoms with Gasteiger partial charge in [0.25, 0.3) is 0 Å². The number of nitrogen functional groups attached to an aromatic ring is 1. The van der Waals surface area contributed by atoms with Crippen LogP contribution in [0.5, 0.6) is 0 Å². The molecule has 0 saturated carbocycles. The molecule has 0 bridgehead atoms. The Labute approximate surface area is 123 Å². The number of hydrogen-bond acceptors (Lipinski definition) is 3. The molecular weight excluding hydrogens is 291 g/mol. The van der Waals surface area contributed by atoms with E-state index in [1.165, 1.54) is 18.2 Å². The molecule has 0 unspecified atom stereocenters. The maximum atomic E-state index is 13.0. The Balaban J connectivity index is 2.04. The van der Waals surface area contributed by atoms with Crippen LogP contribution in [-0.2, 0) is 16.4 Å². The lowest BCUT2D eigenvalue weighted by Crippen LogP contribution is -2.26. The number of benzene rings is 2. The quantitative estimate of drug-likeness (QED) is 0.832. The molecule has 2 rings (SSSR count). The number of nitrogens with one attached hydrogen (secondary N) is 1. The van der Waals surface area contributed by atoms with Crippen molar-refractivity contribution in [3.05, 3.63) is 59.4 Å². The lowest BCUT2D eigenvalue weighted by atomic mass is 10.1. The summed E-state index contributed by atoms with van der Waals surface area (Å²) in [5.74, 6) is -0.332. The first-order valence-corrected chi connectivity index (χ1v) is 7.96. The minimum Gasteiger partial charge on any atom is -0.399 e. The van der Waals surface area contributed by atoms with Crippen LogP contribution < -0.4 is 10.5 Å². The zero-order chi connectivity index (χ0) is 15.5. The zero-order valence-corrected chi connectivity index (χ0v) is 12.5. The molecule has 21 heavy (non-hydrogen) atoms. The van der Waals surface area contributed by atoms with E-state index >= 15 is 0 Å². The summed E-state index contributed by atoms with van der Waals surface area (Å²) in [5.41, 5.74) is 7.58. The molecule has 0 aliphatic rings. The van der Waals surface area contributed by atoms with Crippen LogP contribution in [0.3, 0.4) is 0 Å². The first-order valence-electron chi connectivity index (χ1n) is 6.48. The molecule has 0 aliphatic carbocycles. The predicted octanol–water partition coefficient (Wildman–Crippen LogP) is 2.24. The van der Waals surface area contributed by atoms with E-state index in [2.05, 4.69) is 4.72 Å². The largest absolute Gasteiger partial charge is 0.399 e. The van der Waals surface area contributed by atoms with Gasteiger partial charge in [-0.05, 0) is 54.8 Å². The summed E-state index contributed by atoms with van der Waals surface area (Å²) in [4.78, 5) is 0.138. The second-order valence-electron chi connectivity index (χ2n) is 4.86. The van der Waals surface area contributed by atoms with Crippen LogP contribution in [-0.4, -0.2) is 15.0 Å². The molecular formula is C15H17FN2O2S. The minimum atomic E-state index is -3.61. The van der Waals surface area contributed by atoms with E-state index in [1.807, 2.05) is 0 Å². The number of halogens is 1. The number of hydrogen-bond donors (Lipinski definition) is 2. The second-order valence-corrected chi connectivity index (χ2v) is 6.62. The van der Waals surface area contributed by atoms with Crippen molar-refractivity contribution in [3.8, 4) is 0 Å². The Morgan fingerprint density at radius 2 is 1.95 bits per heavy atom. The second kappa shape index (κ2) is 6.24. The van der Waals surface area contributed by atoms with Gasteiger partial charge in [0.15, 0.2) is 0 Å². The lowest BCUT2D eigenvalue weighted by Gasteiger charge is -2.08. The van der Waals surface area contributed by atoms with Gasteiger partial charge in [0.2, 0.25) is 10.0 Å². The fraction of sp³-hybridized carbons (Fsp3) is 0.200. The van der Waals surface area contributed by atoms with E-state index in [1.54, 1.807) is 31.2 Å². The van der Waals surface area contributed by atoms with E-state index in [0.29, 0.717) is 12.1 Å².